The molecule has 7 nitrogen and oxygen atoms in total. The van der Waals surface area contributed by atoms with Crippen molar-refractivity contribution in [3.8, 4) is 5.75 Å². The average molecular weight is 357 g/mol. The Morgan fingerprint density at radius 3 is 2.42 bits per heavy atom. The lowest BCUT2D eigenvalue weighted by Gasteiger charge is -2.39. The maximum absolute atomic E-state index is 12.7. The normalized spacial score (nSPS) is 17.5. The first-order valence-corrected chi connectivity index (χ1v) is 8.66. The Kier molecular flexibility index (Phi) is 4.97. The van der Waals surface area contributed by atoms with E-state index in [1.165, 1.54) is 0 Å². The van der Waals surface area contributed by atoms with Gasteiger partial charge in [0.05, 0.1) is 6.33 Å². The third-order valence-corrected chi connectivity index (χ3v) is 4.94. The van der Waals surface area contributed by atoms with Crippen LogP contribution >= 0.6 is 0 Å². The summed E-state index contributed by atoms with van der Waals surface area (Å²) in [5.74, 6) is -0.505. The van der Waals surface area contributed by atoms with Gasteiger partial charge in [0.15, 0.2) is 0 Å². The molecule has 3 rings (SSSR count). The van der Waals surface area contributed by atoms with E-state index in [-0.39, 0.29) is 24.8 Å². The summed E-state index contributed by atoms with van der Waals surface area (Å²) in [5.41, 5.74) is -0.222. The number of ether oxygens (including phenoxy) is 1. The summed E-state index contributed by atoms with van der Waals surface area (Å²) in [6.45, 7) is 4.46. The van der Waals surface area contributed by atoms with Crippen LogP contribution in [0.4, 0.5) is 0 Å². The molecule has 1 aromatic heterocycles. The fourth-order valence-electron chi connectivity index (χ4n) is 3.17. The van der Waals surface area contributed by atoms with Gasteiger partial charge in [-0.3, -0.25) is 4.79 Å². The molecule has 1 atom stereocenters. The second kappa shape index (κ2) is 7.19. The third-order valence-electron chi connectivity index (χ3n) is 4.94. The fraction of sp³-hybridized carbons (Fsp3) is 0.421. The number of amides is 1. The number of aliphatic carboxylic acids is 1. The molecule has 138 valence electrons. The molecule has 0 unspecified atom stereocenters. The van der Waals surface area contributed by atoms with Crippen molar-refractivity contribution in [2.75, 3.05) is 13.1 Å². The van der Waals surface area contributed by atoms with Gasteiger partial charge in [-0.1, -0.05) is 17.7 Å². The molecule has 2 aromatic rings. The number of hydrogen-bond acceptors (Lipinski definition) is 4. The van der Waals surface area contributed by atoms with Crippen molar-refractivity contribution in [1.29, 1.82) is 0 Å². The monoisotopic (exact) mass is 357 g/mol. The summed E-state index contributed by atoms with van der Waals surface area (Å²) < 4.78 is 7.61. The average Bonchev–Trinajstić information content (AvgIpc) is 3.17. The number of rotatable bonds is 5. The summed E-state index contributed by atoms with van der Waals surface area (Å²) in [5, 5.41) is 9.75. The van der Waals surface area contributed by atoms with Crippen LogP contribution in [0.25, 0.3) is 0 Å². The molecular formula is C19H23N3O4. The van der Waals surface area contributed by atoms with E-state index in [1.54, 1.807) is 40.3 Å². The molecule has 1 aliphatic rings. The highest BCUT2D eigenvalue weighted by Crippen LogP contribution is 2.30. The first kappa shape index (κ1) is 18.0. The number of hydrogen-bond donors (Lipinski definition) is 1. The number of likely N-dealkylation sites (tertiary alicyclic amines) is 1. The van der Waals surface area contributed by atoms with Crippen molar-refractivity contribution < 1.29 is 19.4 Å². The Morgan fingerprint density at radius 1 is 1.23 bits per heavy atom. The van der Waals surface area contributed by atoms with E-state index in [0.717, 1.165) is 5.56 Å². The van der Waals surface area contributed by atoms with Crippen LogP contribution < -0.4 is 4.74 Å². The SMILES string of the molecule is Cc1ccc(OC2(C(=O)O)CCN(C(=O)[C@H](C)n3ccnc3)CC2)cc1. The summed E-state index contributed by atoms with van der Waals surface area (Å²) >= 11 is 0. The number of nitrogens with zero attached hydrogens (tertiary/aromatic N) is 3. The molecule has 2 heterocycles. The Labute approximate surface area is 152 Å². The summed E-state index contributed by atoms with van der Waals surface area (Å²) in [6.07, 6.45) is 5.48. The van der Waals surface area contributed by atoms with Crippen LogP contribution in [0.1, 0.15) is 31.4 Å². The van der Waals surface area contributed by atoms with E-state index >= 15 is 0 Å². The number of carbonyl (C=O) groups excluding carboxylic acids is 1. The predicted octanol–water partition coefficient (Wildman–Crippen LogP) is 2.28. The van der Waals surface area contributed by atoms with E-state index < -0.39 is 11.6 Å². The van der Waals surface area contributed by atoms with Crippen LogP contribution in [0, 0.1) is 6.92 Å². The van der Waals surface area contributed by atoms with Crippen LogP contribution in [-0.2, 0) is 9.59 Å². The van der Waals surface area contributed by atoms with Crippen LogP contribution in [0.3, 0.4) is 0 Å². The lowest BCUT2D eigenvalue weighted by atomic mass is 9.90. The molecule has 0 spiro atoms. The van der Waals surface area contributed by atoms with Crippen molar-refractivity contribution in [2.24, 2.45) is 0 Å². The Bertz CT molecular complexity index is 763. The number of aryl methyl sites for hydroxylation is 1. The van der Waals surface area contributed by atoms with Crippen LogP contribution in [0.5, 0.6) is 5.75 Å². The number of aromatic nitrogens is 2. The summed E-state index contributed by atoms with van der Waals surface area (Å²) in [6, 6.07) is 6.96. The zero-order valence-electron chi connectivity index (χ0n) is 15.0. The number of carboxylic acids is 1. The zero-order valence-corrected chi connectivity index (χ0v) is 15.0. The number of imidazole rings is 1. The Morgan fingerprint density at radius 2 is 1.88 bits per heavy atom. The highest BCUT2D eigenvalue weighted by Gasteiger charge is 2.45. The van der Waals surface area contributed by atoms with Crippen molar-refractivity contribution >= 4 is 11.9 Å². The van der Waals surface area contributed by atoms with Crippen molar-refractivity contribution in [3.63, 3.8) is 0 Å². The van der Waals surface area contributed by atoms with Gasteiger partial charge in [0.2, 0.25) is 11.5 Å². The molecule has 26 heavy (non-hydrogen) atoms. The maximum Gasteiger partial charge on any atom is 0.348 e. The lowest BCUT2D eigenvalue weighted by molar-refractivity contribution is -0.162. The minimum atomic E-state index is -1.30. The van der Waals surface area contributed by atoms with Gasteiger partial charge in [0, 0.05) is 38.3 Å². The van der Waals surface area contributed by atoms with Crippen molar-refractivity contribution in [1.82, 2.24) is 14.5 Å². The van der Waals surface area contributed by atoms with Crippen molar-refractivity contribution in [2.45, 2.75) is 38.3 Å². The molecule has 0 radical (unpaired) electrons. The number of benzene rings is 1. The highest BCUT2D eigenvalue weighted by molar-refractivity contribution is 5.82. The van der Waals surface area contributed by atoms with Gasteiger partial charge in [-0.2, -0.15) is 0 Å². The first-order chi connectivity index (χ1) is 12.4. The quantitative estimate of drug-likeness (QED) is 0.887. The minimum Gasteiger partial charge on any atom is -0.478 e. The second-order valence-corrected chi connectivity index (χ2v) is 6.73. The second-order valence-electron chi connectivity index (χ2n) is 6.73. The largest absolute Gasteiger partial charge is 0.478 e. The van der Waals surface area contributed by atoms with Gasteiger partial charge < -0.3 is 19.3 Å². The topological polar surface area (TPSA) is 84.7 Å². The van der Waals surface area contributed by atoms with Gasteiger partial charge >= 0.3 is 5.97 Å². The highest BCUT2D eigenvalue weighted by atomic mass is 16.5. The number of piperidine rings is 1. The molecular weight excluding hydrogens is 334 g/mol. The van der Waals surface area contributed by atoms with Gasteiger partial charge in [-0.15, -0.1) is 0 Å². The van der Waals surface area contributed by atoms with E-state index in [2.05, 4.69) is 4.98 Å². The zero-order chi connectivity index (χ0) is 18.7. The maximum atomic E-state index is 12.7. The molecule has 1 fully saturated rings. The third kappa shape index (κ3) is 3.56. The Hall–Kier alpha value is -2.83. The van der Waals surface area contributed by atoms with Crippen LogP contribution in [0.15, 0.2) is 43.0 Å². The molecule has 1 saturated heterocycles. The van der Waals surface area contributed by atoms with E-state index in [0.29, 0.717) is 18.8 Å². The molecule has 1 N–H and O–H groups in total. The van der Waals surface area contributed by atoms with Crippen molar-refractivity contribution in [3.05, 3.63) is 48.5 Å². The molecule has 1 amide bonds. The molecule has 0 bridgehead atoms. The van der Waals surface area contributed by atoms with Gasteiger partial charge in [0.1, 0.15) is 11.8 Å². The van der Waals surface area contributed by atoms with E-state index in [4.69, 9.17) is 4.74 Å². The predicted molar refractivity (Wildman–Crippen MR) is 94.9 cm³/mol. The minimum absolute atomic E-state index is 0.0441. The fourth-order valence-corrected chi connectivity index (χ4v) is 3.17. The van der Waals surface area contributed by atoms with Gasteiger partial charge in [0.25, 0.3) is 0 Å². The molecule has 7 heteroatoms. The number of carbonyl (C=O) groups is 2. The van der Waals surface area contributed by atoms with Crippen LogP contribution in [-0.4, -0.2) is 50.1 Å². The summed E-state index contributed by atoms with van der Waals surface area (Å²) in [4.78, 5) is 30.2. The van der Waals surface area contributed by atoms with E-state index in [9.17, 15) is 14.7 Å². The van der Waals surface area contributed by atoms with Crippen LogP contribution in [0.2, 0.25) is 0 Å². The molecule has 0 saturated carbocycles. The smallest absolute Gasteiger partial charge is 0.348 e. The molecule has 0 aliphatic carbocycles. The first-order valence-electron chi connectivity index (χ1n) is 8.66. The lowest BCUT2D eigenvalue weighted by Crippen LogP contribution is -2.55. The van der Waals surface area contributed by atoms with Gasteiger partial charge in [-0.25, -0.2) is 9.78 Å². The molecule has 1 aromatic carbocycles. The Balaban J connectivity index is 1.68. The standard InChI is InChI=1S/C19H23N3O4/c1-14-3-5-16(6-4-14)26-19(18(24)25)7-10-21(11-8-19)17(23)15(2)22-12-9-20-13-22/h3-6,9,12-13,15H,7-8,10-11H2,1-2H3,(H,24,25)/t15-/m0/s1. The molecule has 1 aliphatic heterocycles. The number of carboxylic acid groups (broad SMARTS) is 1. The van der Waals surface area contributed by atoms with Gasteiger partial charge in [-0.05, 0) is 26.0 Å². The van der Waals surface area contributed by atoms with E-state index in [1.807, 2.05) is 26.0 Å². The summed E-state index contributed by atoms with van der Waals surface area (Å²) in [7, 11) is 0.